The average Bonchev–Trinajstić information content (AvgIpc) is 2.68. The molecule has 0 saturated heterocycles. The zero-order valence-corrected chi connectivity index (χ0v) is 10.7. The zero-order chi connectivity index (χ0) is 13.3. The van der Waals surface area contributed by atoms with Crippen LogP contribution >= 0.6 is 0 Å². The number of anilines is 1. The maximum atomic E-state index is 11.3. The number of carbonyl (C=O) groups excluding carboxylic acids is 1. The van der Waals surface area contributed by atoms with Crippen LogP contribution in [0.25, 0.3) is 10.9 Å². The molecule has 0 saturated carbocycles. The van der Waals surface area contributed by atoms with Gasteiger partial charge in [-0.15, -0.1) is 0 Å². The summed E-state index contributed by atoms with van der Waals surface area (Å²) in [5.41, 5.74) is 1.50. The van der Waals surface area contributed by atoms with Crippen LogP contribution in [-0.4, -0.2) is 32.7 Å². The number of hydrogen-bond acceptors (Lipinski definition) is 4. The fourth-order valence-corrected chi connectivity index (χ4v) is 2.19. The number of carbonyl (C=O) groups is 1. The minimum atomic E-state index is -3.31. The summed E-state index contributed by atoms with van der Waals surface area (Å²) in [5.74, 6) is -0.469. The smallest absolute Gasteiger partial charge is 0.354 e. The molecule has 1 heterocycles. The number of nitrogens with one attached hydrogen (secondary N) is 2. The van der Waals surface area contributed by atoms with Crippen LogP contribution in [0.3, 0.4) is 0 Å². The first-order valence-corrected chi connectivity index (χ1v) is 6.97. The van der Waals surface area contributed by atoms with Gasteiger partial charge in [-0.25, -0.2) is 13.2 Å². The number of methoxy groups -OCH3 is 1. The number of benzene rings is 1. The predicted octanol–water partition coefficient (Wildman–Crippen LogP) is 1.33. The van der Waals surface area contributed by atoms with E-state index in [0.29, 0.717) is 11.4 Å². The van der Waals surface area contributed by atoms with Crippen LogP contribution in [0.5, 0.6) is 0 Å². The van der Waals surface area contributed by atoms with Gasteiger partial charge in [-0.2, -0.15) is 0 Å². The Labute approximate surface area is 104 Å². The van der Waals surface area contributed by atoms with Gasteiger partial charge in [-0.1, -0.05) is 0 Å². The Balaban J connectivity index is 2.42. The number of esters is 1. The van der Waals surface area contributed by atoms with Crippen molar-refractivity contribution in [2.24, 2.45) is 0 Å². The van der Waals surface area contributed by atoms with Crippen LogP contribution < -0.4 is 4.72 Å². The number of aromatic nitrogens is 1. The number of aromatic amines is 1. The molecule has 18 heavy (non-hydrogen) atoms. The summed E-state index contributed by atoms with van der Waals surface area (Å²) in [7, 11) is -2.02. The first-order valence-electron chi connectivity index (χ1n) is 5.08. The van der Waals surface area contributed by atoms with E-state index < -0.39 is 16.0 Å². The molecule has 0 atom stereocenters. The second-order valence-electron chi connectivity index (χ2n) is 3.85. The molecule has 7 heteroatoms. The van der Waals surface area contributed by atoms with Crippen molar-refractivity contribution in [3.05, 3.63) is 30.0 Å². The van der Waals surface area contributed by atoms with E-state index >= 15 is 0 Å². The van der Waals surface area contributed by atoms with Gasteiger partial charge >= 0.3 is 5.97 Å². The number of fused-ring (bicyclic) bond motifs is 1. The number of hydrogen-bond donors (Lipinski definition) is 2. The SMILES string of the molecule is COC(=O)c1cc2cc(NS(C)(=O)=O)ccc2[nH]1. The maximum Gasteiger partial charge on any atom is 0.354 e. The van der Waals surface area contributed by atoms with Gasteiger partial charge in [0.05, 0.1) is 13.4 Å². The van der Waals surface area contributed by atoms with E-state index in [9.17, 15) is 13.2 Å². The highest BCUT2D eigenvalue weighted by atomic mass is 32.2. The van der Waals surface area contributed by atoms with E-state index in [0.717, 1.165) is 17.2 Å². The van der Waals surface area contributed by atoms with Gasteiger partial charge in [0.25, 0.3) is 0 Å². The molecular weight excluding hydrogens is 256 g/mol. The molecular formula is C11H12N2O4S. The molecule has 0 spiro atoms. The third-order valence-corrected chi connectivity index (χ3v) is 2.94. The zero-order valence-electron chi connectivity index (χ0n) is 9.85. The number of ether oxygens (including phenoxy) is 1. The molecule has 0 radical (unpaired) electrons. The third-order valence-electron chi connectivity index (χ3n) is 2.33. The lowest BCUT2D eigenvalue weighted by atomic mass is 10.2. The molecule has 6 nitrogen and oxygen atoms in total. The summed E-state index contributed by atoms with van der Waals surface area (Å²) < 4.78 is 29.2. The minimum Gasteiger partial charge on any atom is -0.464 e. The van der Waals surface area contributed by atoms with E-state index in [2.05, 4.69) is 14.4 Å². The van der Waals surface area contributed by atoms with Crippen molar-refractivity contribution >= 4 is 32.6 Å². The largest absolute Gasteiger partial charge is 0.464 e. The summed E-state index contributed by atoms with van der Waals surface area (Å²) in [6.07, 6.45) is 1.08. The summed E-state index contributed by atoms with van der Waals surface area (Å²) >= 11 is 0. The third kappa shape index (κ3) is 2.62. The average molecular weight is 268 g/mol. The van der Waals surface area contributed by atoms with Gasteiger partial charge in [0.15, 0.2) is 0 Å². The summed E-state index contributed by atoms with van der Waals surface area (Å²) in [5, 5.41) is 0.726. The van der Waals surface area contributed by atoms with E-state index in [1.54, 1.807) is 24.3 Å². The Morgan fingerprint density at radius 2 is 2.06 bits per heavy atom. The summed E-state index contributed by atoms with van der Waals surface area (Å²) in [4.78, 5) is 14.2. The minimum absolute atomic E-state index is 0.323. The van der Waals surface area contributed by atoms with Crippen molar-refractivity contribution in [3.8, 4) is 0 Å². The predicted molar refractivity (Wildman–Crippen MR) is 68.1 cm³/mol. The molecule has 2 aromatic rings. The molecule has 2 N–H and O–H groups in total. The quantitative estimate of drug-likeness (QED) is 0.822. The van der Waals surface area contributed by atoms with E-state index in [1.807, 2.05) is 0 Å². The Morgan fingerprint density at radius 1 is 1.33 bits per heavy atom. The van der Waals surface area contributed by atoms with Gasteiger partial charge in [0.2, 0.25) is 10.0 Å². The summed E-state index contributed by atoms with van der Waals surface area (Å²) in [6.45, 7) is 0. The van der Waals surface area contributed by atoms with Crippen LogP contribution in [0.4, 0.5) is 5.69 Å². The van der Waals surface area contributed by atoms with Gasteiger partial charge in [0, 0.05) is 16.6 Å². The van der Waals surface area contributed by atoms with Crippen LogP contribution in [0.2, 0.25) is 0 Å². The molecule has 0 aliphatic rings. The molecule has 0 aliphatic heterocycles. The Bertz CT molecular complexity index is 703. The standard InChI is InChI=1S/C11H12N2O4S/c1-17-11(14)10-6-7-5-8(13-18(2,15)16)3-4-9(7)12-10/h3-6,12-13H,1-2H3. The lowest BCUT2D eigenvalue weighted by Crippen LogP contribution is -2.09. The summed E-state index contributed by atoms with van der Waals surface area (Å²) in [6, 6.07) is 6.55. The highest BCUT2D eigenvalue weighted by Gasteiger charge is 2.10. The molecule has 2 rings (SSSR count). The Morgan fingerprint density at radius 3 is 2.67 bits per heavy atom. The lowest BCUT2D eigenvalue weighted by Gasteiger charge is -2.02. The molecule has 1 aromatic heterocycles. The first-order chi connectivity index (χ1) is 8.39. The van der Waals surface area contributed by atoms with E-state index in [4.69, 9.17) is 0 Å². The number of H-pyrrole nitrogens is 1. The fourth-order valence-electron chi connectivity index (χ4n) is 1.63. The molecule has 0 unspecified atom stereocenters. The lowest BCUT2D eigenvalue weighted by molar-refractivity contribution is 0.0595. The van der Waals surface area contributed by atoms with Crippen LogP contribution in [0.15, 0.2) is 24.3 Å². The number of sulfonamides is 1. The monoisotopic (exact) mass is 268 g/mol. The van der Waals surface area contributed by atoms with Gasteiger partial charge in [-0.05, 0) is 24.3 Å². The van der Waals surface area contributed by atoms with E-state index in [-0.39, 0.29) is 0 Å². The number of rotatable bonds is 3. The van der Waals surface area contributed by atoms with E-state index in [1.165, 1.54) is 7.11 Å². The second-order valence-corrected chi connectivity index (χ2v) is 5.60. The molecule has 0 fully saturated rings. The van der Waals surface area contributed by atoms with Crippen LogP contribution in [0, 0.1) is 0 Å². The van der Waals surface area contributed by atoms with Crippen LogP contribution in [-0.2, 0) is 14.8 Å². The van der Waals surface area contributed by atoms with Crippen molar-refractivity contribution in [2.75, 3.05) is 18.1 Å². The maximum absolute atomic E-state index is 11.3. The molecule has 0 amide bonds. The molecule has 1 aromatic carbocycles. The van der Waals surface area contributed by atoms with Gasteiger partial charge in [-0.3, -0.25) is 4.72 Å². The van der Waals surface area contributed by atoms with Gasteiger partial charge < -0.3 is 9.72 Å². The topological polar surface area (TPSA) is 88.3 Å². The highest BCUT2D eigenvalue weighted by Crippen LogP contribution is 2.21. The first kappa shape index (κ1) is 12.4. The van der Waals surface area contributed by atoms with Gasteiger partial charge in [0.1, 0.15) is 5.69 Å². The van der Waals surface area contributed by atoms with Crippen molar-refractivity contribution in [1.29, 1.82) is 0 Å². The Hall–Kier alpha value is -2.02. The van der Waals surface area contributed by atoms with Crippen molar-refractivity contribution in [2.45, 2.75) is 0 Å². The van der Waals surface area contributed by atoms with Crippen LogP contribution in [0.1, 0.15) is 10.5 Å². The van der Waals surface area contributed by atoms with Crippen molar-refractivity contribution in [3.63, 3.8) is 0 Å². The molecule has 0 bridgehead atoms. The fraction of sp³-hybridized carbons (Fsp3) is 0.182. The molecule has 96 valence electrons. The molecule has 0 aliphatic carbocycles. The van der Waals surface area contributed by atoms with Crippen molar-refractivity contribution in [1.82, 2.24) is 4.98 Å². The Kier molecular flexibility index (Phi) is 3.00. The van der Waals surface area contributed by atoms with Crippen molar-refractivity contribution < 1.29 is 17.9 Å². The normalized spacial score (nSPS) is 11.4. The second kappa shape index (κ2) is 4.34. The highest BCUT2D eigenvalue weighted by molar-refractivity contribution is 7.92.